The Labute approximate surface area is 126 Å². The van der Waals surface area contributed by atoms with Gasteiger partial charge in [-0.25, -0.2) is 0 Å². The van der Waals surface area contributed by atoms with Crippen LogP contribution in [-0.4, -0.2) is 0 Å². The first kappa shape index (κ1) is 14.4. The molecular weight excluding hydrogens is 326 g/mol. The van der Waals surface area contributed by atoms with Gasteiger partial charge >= 0.3 is 0 Å². The number of halogens is 2. The molecule has 0 saturated heterocycles. The Bertz CT molecular complexity index is 557. The van der Waals surface area contributed by atoms with E-state index in [2.05, 4.69) is 22.9 Å². The topological polar surface area (TPSA) is 35.2 Å². The lowest BCUT2D eigenvalue weighted by Crippen LogP contribution is -2.07. The van der Waals surface area contributed by atoms with Crippen molar-refractivity contribution in [3.8, 4) is 11.5 Å². The van der Waals surface area contributed by atoms with Gasteiger partial charge in [0.1, 0.15) is 11.5 Å². The third-order valence-electron chi connectivity index (χ3n) is 2.87. The van der Waals surface area contributed by atoms with Crippen molar-refractivity contribution in [1.82, 2.24) is 0 Å². The highest BCUT2D eigenvalue weighted by Crippen LogP contribution is 2.32. The van der Waals surface area contributed by atoms with Gasteiger partial charge < -0.3 is 10.5 Å². The number of nitrogens with two attached hydrogens (primary N) is 1. The molecule has 1 atom stereocenters. The summed E-state index contributed by atoms with van der Waals surface area (Å²) in [5.74, 6) is 1.51. The fraction of sp³-hybridized carbons (Fsp3) is 0.200. The van der Waals surface area contributed by atoms with Crippen molar-refractivity contribution in [2.45, 2.75) is 19.4 Å². The van der Waals surface area contributed by atoms with Crippen LogP contribution < -0.4 is 10.5 Å². The summed E-state index contributed by atoms with van der Waals surface area (Å²) in [6, 6.07) is 13.3. The first-order valence-corrected chi connectivity index (χ1v) is 7.25. The van der Waals surface area contributed by atoms with Crippen LogP contribution in [0.15, 0.2) is 46.9 Å². The van der Waals surface area contributed by atoms with Gasteiger partial charge in [0.25, 0.3) is 0 Å². The maximum atomic E-state index is 5.97. The molecular formula is C15H15BrClNO. The minimum atomic E-state index is 0.0799. The summed E-state index contributed by atoms with van der Waals surface area (Å²) in [6.07, 6.45) is 0.920. The minimum absolute atomic E-state index is 0.0799. The first-order valence-electron chi connectivity index (χ1n) is 6.08. The largest absolute Gasteiger partial charge is 0.456 e. The van der Waals surface area contributed by atoms with Crippen molar-refractivity contribution in [2.24, 2.45) is 5.73 Å². The molecule has 19 heavy (non-hydrogen) atoms. The molecule has 0 fully saturated rings. The van der Waals surface area contributed by atoms with Gasteiger partial charge in [-0.3, -0.25) is 0 Å². The Morgan fingerprint density at radius 2 is 1.89 bits per heavy atom. The van der Waals surface area contributed by atoms with Crippen LogP contribution in [-0.2, 0) is 0 Å². The van der Waals surface area contributed by atoms with E-state index in [0.29, 0.717) is 5.02 Å². The van der Waals surface area contributed by atoms with Crippen LogP contribution in [0.4, 0.5) is 0 Å². The lowest BCUT2D eigenvalue weighted by Gasteiger charge is -2.11. The predicted octanol–water partition coefficient (Wildman–Crippen LogP) is 5.30. The smallest absolute Gasteiger partial charge is 0.141 e. The van der Waals surface area contributed by atoms with Crippen LogP contribution in [0.2, 0.25) is 5.02 Å². The highest BCUT2D eigenvalue weighted by Gasteiger charge is 2.06. The SMILES string of the molecule is CC[C@@H](N)c1ccc(Oc2ccc(Cl)cc2Br)cc1. The molecule has 0 aliphatic heterocycles. The van der Waals surface area contributed by atoms with Crippen LogP contribution in [0.25, 0.3) is 0 Å². The third kappa shape index (κ3) is 3.72. The lowest BCUT2D eigenvalue weighted by atomic mass is 10.1. The van der Waals surface area contributed by atoms with E-state index in [0.717, 1.165) is 28.0 Å². The second-order valence-corrected chi connectivity index (χ2v) is 5.55. The average Bonchev–Trinajstić information content (AvgIpc) is 2.42. The summed E-state index contributed by atoms with van der Waals surface area (Å²) in [4.78, 5) is 0. The van der Waals surface area contributed by atoms with E-state index in [1.165, 1.54) is 0 Å². The van der Waals surface area contributed by atoms with E-state index >= 15 is 0 Å². The maximum absolute atomic E-state index is 5.97. The molecule has 4 heteroatoms. The van der Waals surface area contributed by atoms with E-state index in [9.17, 15) is 0 Å². The molecule has 2 aromatic carbocycles. The Morgan fingerprint density at radius 3 is 2.47 bits per heavy atom. The Balaban J connectivity index is 2.15. The van der Waals surface area contributed by atoms with Gasteiger partial charge in [0.05, 0.1) is 4.47 Å². The summed E-state index contributed by atoms with van der Waals surface area (Å²) in [7, 11) is 0. The zero-order chi connectivity index (χ0) is 13.8. The van der Waals surface area contributed by atoms with Gasteiger partial charge in [-0.15, -0.1) is 0 Å². The lowest BCUT2D eigenvalue weighted by molar-refractivity contribution is 0.479. The van der Waals surface area contributed by atoms with Crippen molar-refractivity contribution < 1.29 is 4.74 Å². The molecule has 0 aliphatic rings. The van der Waals surface area contributed by atoms with Crippen molar-refractivity contribution in [2.75, 3.05) is 0 Å². The molecule has 0 saturated carbocycles. The molecule has 2 aromatic rings. The molecule has 0 unspecified atom stereocenters. The fourth-order valence-electron chi connectivity index (χ4n) is 1.70. The fourth-order valence-corrected chi connectivity index (χ4v) is 2.47. The summed E-state index contributed by atoms with van der Waals surface area (Å²) in [5.41, 5.74) is 7.09. The van der Waals surface area contributed by atoms with Gasteiger partial charge in [-0.2, -0.15) is 0 Å². The van der Waals surface area contributed by atoms with Crippen molar-refractivity contribution in [3.63, 3.8) is 0 Å². The summed E-state index contributed by atoms with van der Waals surface area (Å²) >= 11 is 9.32. The zero-order valence-corrected chi connectivity index (χ0v) is 12.9. The summed E-state index contributed by atoms with van der Waals surface area (Å²) in [6.45, 7) is 2.07. The molecule has 0 bridgehead atoms. The van der Waals surface area contributed by atoms with Gasteiger partial charge in [-0.05, 0) is 58.2 Å². The average molecular weight is 341 g/mol. The molecule has 100 valence electrons. The monoisotopic (exact) mass is 339 g/mol. The second kappa shape index (κ2) is 6.42. The van der Waals surface area contributed by atoms with E-state index in [-0.39, 0.29) is 6.04 Å². The van der Waals surface area contributed by atoms with E-state index < -0.39 is 0 Å². The highest BCUT2D eigenvalue weighted by molar-refractivity contribution is 9.10. The number of hydrogen-bond donors (Lipinski definition) is 1. The number of hydrogen-bond acceptors (Lipinski definition) is 2. The van der Waals surface area contributed by atoms with Crippen molar-refractivity contribution in [1.29, 1.82) is 0 Å². The number of rotatable bonds is 4. The van der Waals surface area contributed by atoms with Crippen molar-refractivity contribution >= 4 is 27.5 Å². The minimum Gasteiger partial charge on any atom is -0.456 e. The zero-order valence-electron chi connectivity index (χ0n) is 10.6. The van der Waals surface area contributed by atoms with Crippen LogP contribution in [0, 0.1) is 0 Å². The van der Waals surface area contributed by atoms with Gasteiger partial charge in [0, 0.05) is 11.1 Å². The van der Waals surface area contributed by atoms with Crippen molar-refractivity contribution in [3.05, 3.63) is 57.5 Å². The second-order valence-electron chi connectivity index (χ2n) is 4.26. The van der Waals surface area contributed by atoms with Gasteiger partial charge in [-0.1, -0.05) is 30.7 Å². The Hall–Kier alpha value is -1.03. The molecule has 0 aliphatic carbocycles. The molecule has 0 spiro atoms. The summed E-state index contributed by atoms with van der Waals surface area (Å²) in [5, 5.41) is 0.670. The van der Waals surface area contributed by atoms with Crippen LogP contribution in [0.1, 0.15) is 24.9 Å². The van der Waals surface area contributed by atoms with E-state index in [4.69, 9.17) is 22.1 Å². The molecule has 0 radical (unpaired) electrons. The Kier molecular flexibility index (Phi) is 4.86. The molecule has 0 heterocycles. The number of benzene rings is 2. The molecule has 2 rings (SSSR count). The molecule has 2 nitrogen and oxygen atoms in total. The van der Waals surface area contributed by atoms with Crippen LogP contribution >= 0.6 is 27.5 Å². The molecule has 2 N–H and O–H groups in total. The normalized spacial score (nSPS) is 12.2. The summed E-state index contributed by atoms with van der Waals surface area (Å²) < 4.78 is 6.61. The Morgan fingerprint density at radius 1 is 1.21 bits per heavy atom. The quantitative estimate of drug-likeness (QED) is 0.819. The standard InChI is InChI=1S/C15H15BrClNO/c1-2-14(18)10-3-6-12(7-4-10)19-15-8-5-11(17)9-13(15)16/h3-9,14H,2,18H2,1H3/t14-/m1/s1. The first-order chi connectivity index (χ1) is 9.10. The maximum Gasteiger partial charge on any atom is 0.141 e. The van der Waals surface area contributed by atoms with E-state index in [1.807, 2.05) is 30.3 Å². The van der Waals surface area contributed by atoms with Gasteiger partial charge in [0.15, 0.2) is 0 Å². The highest BCUT2D eigenvalue weighted by atomic mass is 79.9. The molecule has 0 amide bonds. The molecule has 0 aromatic heterocycles. The van der Waals surface area contributed by atoms with Crippen LogP contribution in [0.5, 0.6) is 11.5 Å². The third-order valence-corrected chi connectivity index (χ3v) is 3.72. The predicted molar refractivity (Wildman–Crippen MR) is 82.9 cm³/mol. The van der Waals surface area contributed by atoms with E-state index in [1.54, 1.807) is 12.1 Å². The van der Waals surface area contributed by atoms with Crippen LogP contribution in [0.3, 0.4) is 0 Å². The van der Waals surface area contributed by atoms with Gasteiger partial charge in [0.2, 0.25) is 0 Å². The number of ether oxygens (including phenoxy) is 1.